The molecule has 4 heterocycles. The van der Waals surface area contributed by atoms with Gasteiger partial charge in [0.05, 0.1) is 17.8 Å². The summed E-state index contributed by atoms with van der Waals surface area (Å²) in [7, 11) is 0. The summed E-state index contributed by atoms with van der Waals surface area (Å²) in [5.74, 6) is 0.972. The lowest BCUT2D eigenvalue weighted by atomic mass is 9.88. The summed E-state index contributed by atoms with van der Waals surface area (Å²) in [6.07, 6.45) is 8.88. The first kappa shape index (κ1) is 24.5. The summed E-state index contributed by atoms with van der Waals surface area (Å²) in [4.78, 5) is 18.8. The van der Waals surface area contributed by atoms with Gasteiger partial charge in [-0.1, -0.05) is 18.2 Å². The highest BCUT2D eigenvalue weighted by atomic mass is 16.4. The van der Waals surface area contributed by atoms with Gasteiger partial charge in [0.2, 0.25) is 0 Å². The molecule has 7 heteroatoms. The molecule has 0 bridgehead atoms. The van der Waals surface area contributed by atoms with Crippen molar-refractivity contribution >= 4 is 11.8 Å². The molecule has 0 spiro atoms. The molecule has 1 fully saturated rings. The third kappa shape index (κ3) is 5.62. The molecule has 1 saturated heterocycles. The quantitative estimate of drug-likeness (QED) is 0.460. The second kappa shape index (κ2) is 10.8. The number of aromatic nitrogens is 3. The lowest BCUT2D eigenvalue weighted by Gasteiger charge is -2.37. The Hall–Kier alpha value is -3.19. The Morgan fingerprint density at radius 3 is 2.78 bits per heavy atom. The van der Waals surface area contributed by atoms with E-state index in [1.165, 1.54) is 24.0 Å². The number of piperidine rings is 1. The average molecular weight is 488 g/mol. The van der Waals surface area contributed by atoms with Crippen LogP contribution in [0.1, 0.15) is 66.2 Å². The van der Waals surface area contributed by atoms with E-state index < -0.39 is 5.97 Å². The summed E-state index contributed by atoms with van der Waals surface area (Å²) in [5.41, 5.74) is 6.78. The minimum atomic E-state index is -0.756. The molecule has 0 aliphatic carbocycles. The van der Waals surface area contributed by atoms with Gasteiger partial charge in [-0.3, -0.25) is 9.69 Å². The molecule has 2 aliphatic rings. The molecule has 2 aromatic heterocycles. The molecular weight excluding hydrogens is 450 g/mol. The summed E-state index contributed by atoms with van der Waals surface area (Å²) < 4.78 is 1.94. The molecule has 2 aliphatic heterocycles. The van der Waals surface area contributed by atoms with E-state index in [2.05, 4.69) is 44.6 Å². The van der Waals surface area contributed by atoms with Crippen LogP contribution in [0.4, 0.5) is 5.82 Å². The highest BCUT2D eigenvalue weighted by Crippen LogP contribution is 2.32. The van der Waals surface area contributed by atoms with Gasteiger partial charge in [0.1, 0.15) is 5.82 Å². The van der Waals surface area contributed by atoms with Crippen LogP contribution in [-0.4, -0.2) is 50.4 Å². The molecule has 190 valence electrons. The fraction of sp³-hybridized carbons (Fsp3) is 0.483. The van der Waals surface area contributed by atoms with E-state index in [1.807, 2.05) is 36.9 Å². The monoisotopic (exact) mass is 487 g/mol. The number of hydrogen-bond acceptors (Lipinski definition) is 5. The number of rotatable bonds is 8. The Kier molecular flexibility index (Phi) is 7.37. The zero-order chi connectivity index (χ0) is 25.1. The van der Waals surface area contributed by atoms with Crippen molar-refractivity contribution in [2.75, 3.05) is 25.0 Å². The standard InChI is InChI=1S/C29H37N5O2/c1-20-15-21(2)34(32-20)26-7-3-5-24(17-26)27(18-28(35)36)33-13-10-22(11-14-33)8-9-23-16-25-6-4-12-30-29(25)31-19-23/h3,5,7,15-17,19,22,27H,4,6,8-14,18H2,1-2H3,(H,30,31)(H,35,36). The van der Waals surface area contributed by atoms with Crippen molar-refractivity contribution < 1.29 is 9.90 Å². The van der Waals surface area contributed by atoms with Crippen LogP contribution < -0.4 is 5.32 Å². The number of anilines is 1. The molecular formula is C29H37N5O2. The van der Waals surface area contributed by atoms with Crippen molar-refractivity contribution in [2.45, 2.75) is 64.8 Å². The van der Waals surface area contributed by atoms with Crippen LogP contribution in [-0.2, 0) is 17.6 Å². The van der Waals surface area contributed by atoms with E-state index in [-0.39, 0.29) is 12.5 Å². The van der Waals surface area contributed by atoms with Crippen LogP contribution >= 0.6 is 0 Å². The minimum absolute atomic E-state index is 0.111. The maximum absolute atomic E-state index is 11.8. The topological polar surface area (TPSA) is 83.3 Å². The van der Waals surface area contributed by atoms with Crippen LogP contribution in [0.2, 0.25) is 0 Å². The Balaban J connectivity index is 1.23. The van der Waals surface area contributed by atoms with Crippen LogP contribution in [0.5, 0.6) is 0 Å². The number of nitrogens with zero attached hydrogens (tertiary/aromatic N) is 4. The number of nitrogens with one attached hydrogen (secondary N) is 1. The SMILES string of the molecule is Cc1cc(C)n(-c2cccc(C(CC(=O)O)N3CCC(CCc4cnc5c(c4)CCCN5)CC3)c2)n1. The summed E-state index contributed by atoms with van der Waals surface area (Å²) in [6, 6.07) is 12.5. The van der Waals surface area contributed by atoms with Crippen molar-refractivity contribution in [3.05, 3.63) is 70.7 Å². The molecule has 36 heavy (non-hydrogen) atoms. The van der Waals surface area contributed by atoms with Crippen LogP contribution in [0.15, 0.2) is 42.6 Å². The van der Waals surface area contributed by atoms with Crippen LogP contribution in [0.3, 0.4) is 0 Å². The summed E-state index contributed by atoms with van der Waals surface area (Å²) >= 11 is 0. The van der Waals surface area contributed by atoms with Gasteiger partial charge in [-0.2, -0.15) is 5.10 Å². The number of likely N-dealkylation sites (tertiary alicyclic amines) is 1. The zero-order valence-corrected chi connectivity index (χ0v) is 21.4. The van der Waals surface area contributed by atoms with Gasteiger partial charge in [-0.05, 0) is 106 Å². The predicted octanol–water partition coefficient (Wildman–Crippen LogP) is 5.10. The van der Waals surface area contributed by atoms with Gasteiger partial charge in [0.25, 0.3) is 0 Å². The number of carboxylic acid groups (broad SMARTS) is 1. The fourth-order valence-corrected chi connectivity index (χ4v) is 5.83. The smallest absolute Gasteiger partial charge is 0.305 e. The number of hydrogen-bond donors (Lipinski definition) is 2. The lowest BCUT2D eigenvalue weighted by molar-refractivity contribution is -0.138. The third-order valence-electron chi connectivity index (χ3n) is 7.75. The van der Waals surface area contributed by atoms with Gasteiger partial charge >= 0.3 is 5.97 Å². The molecule has 7 nitrogen and oxygen atoms in total. The first-order valence-corrected chi connectivity index (χ1v) is 13.3. The molecule has 3 aromatic rings. The predicted molar refractivity (Wildman–Crippen MR) is 142 cm³/mol. The van der Waals surface area contributed by atoms with E-state index in [4.69, 9.17) is 0 Å². The van der Waals surface area contributed by atoms with E-state index in [1.54, 1.807) is 0 Å². The van der Waals surface area contributed by atoms with E-state index >= 15 is 0 Å². The van der Waals surface area contributed by atoms with Gasteiger partial charge < -0.3 is 10.4 Å². The Morgan fingerprint density at radius 2 is 2.03 bits per heavy atom. The summed E-state index contributed by atoms with van der Waals surface area (Å²) in [6.45, 7) is 6.92. The number of benzene rings is 1. The number of fused-ring (bicyclic) bond motifs is 1. The van der Waals surface area contributed by atoms with Crippen molar-refractivity contribution in [1.82, 2.24) is 19.7 Å². The molecule has 0 radical (unpaired) electrons. The van der Waals surface area contributed by atoms with Crippen LogP contribution in [0, 0.1) is 19.8 Å². The highest BCUT2D eigenvalue weighted by molar-refractivity contribution is 5.68. The molecule has 1 aromatic carbocycles. The largest absolute Gasteiger partial charge is 0.481 e. The molecule has 5 rings (SSSR count). The van der Waals surface area contributed by atoms with E-state index in [0.717, 1.165) is 73.8 Å². The van der Waals surface area contributed by atoms with Crippen molar-refractivity contribution in [2.24, 2.45) is 5.92 Å². The summed E-state index contributed by atoms with van der Waals surface area (Å²) in [5, 5.41) is 17.7. The third-order valence-corrected chi connectivity index (χ3v) is 7.75. The van der Waals surface area contributed by atoms with Gasteiger partial charge in [-0.15, -0.1) is 0 Å². The molecule has 2 N–H and O–H groups in total. The molecule has 0 amide bonds. The number of aliphatic carboxylic acids is 1. The number of carbonyl (C=O) groups is 1. The molecule has 1 atom stereocenters. The lowest BCUT2D eigenvalue weighted by Crippen LogP contribution is -2.38. The maximum Gasteiger partial charge on any atom is 0.305 e. The Morgan fingerprint density at radius 1 is 1.19 bits per heavy atom. The normalized spacial score (nSPS) is 17.4. The van der Waals surface area contributed by atoms with E-state index in [0.29, 0.717) is 5.92 Å². The van der Waals surface area contributed by atoms with Crippen LogP contribution in [0.25, 0.3) is 5.69 Å². The molecule has 0 saturated carbocycles. The zero-order valence-electron chi connectivity index (χ0n) is 21.4. The highest BCUT2D eigenvalue weighted by Gasteiger charge is 2.28. The second-order valence-corrected chi connectivity index (χ2v) is 10.4. The first-order valence-electron chi connectivity index (χ1n) is 13.3. The second-order valence-electron chi connectivity index (χ2n) is 10.4. The van der Waals surface area contributed by atoms with Gasteiger partial charge in [-0.25, -0.2) is 9.67 Å². The minimum Gasteiger partial charge on any atom is -0.481 e. The van der Waals surface area contributed by atoms with Crippen molar-refractivity contribution in [1.29, 1.82) is 0 Å². The molecule has 1 unspecified atom stereocenters. The van der Waals surface area contributed by atoms with Gasteiger partial charge in [0.15, 0.2) is 0 Å². The van der Waals surface area contributed by atoms with Crippen molar-refractivity contribution in [3.63, 3.8) is 0 Å². The fourth-order valence-electron chi connectivity index (χ4n) is 5.83. The average Bonchev–Trinajstić information content (AvgIpc) is 3.24. The number of pyridine rings is 1. The van der Waals surface area contributed by atoms with Crippen molar-refractivity contribution in [3.8, 4) is 5.69 Å². The van der Waals surface area contributed by atoms with E-state index in [9.17, 15) is 9.90 Å². The first-order chi connectivity index (χ1) is 17.5. The number of aryl methyl sites for hydroxylation is 4. The Bertz CT molecular complexity index is 1210. The number of carboxylic acids is 1. The maximum atomic E-state index is 11.8. The Labute approximate surface area is 213 Å². The van der Waals surface area contributed by atoms with Gasteiger partial charge in [0, 0.05) is 24.5 Å².